The number of ether oxygens (including phenoxy) is 6. The Morgan fingerprint density at radius 3 is 2.36 bits per heavy atom. The van der Waals surface area contributed by atoms with E-state index >= 15 is 0 Å². The van der Waals surface area contributed by atoms with Crippen LogP contribution >= 0.6 is 15.9 Å². The Morgan fingerprint density at radius 1 is 0.929 bits per heavy atom. The smallest absolute Gasteiger partial charge is 0.308 e. The molecule has 0 N–H and O–H groups in total. The maximum atomic E-state index is 12.5. The lowest BCUT2D eigenvalue weighted by molar-refractivity contribution is -0.159. The van der Waals surface area contributed by atoms with Gasteiger partial charge < -0.3 is 28.4 Å². The van der Waals surface area contributed by atoms with Crippen LogP contribution < -0.4 is 14.2 Å². The van der Waals surface area contributed by atoms with E-state index in [0.717, 1.165) is 22.1 Å². The Labute approximate surface area is 253 Å². The van der Waals surface area contributed by atoms with E-state index < -0.39 is 12.1 Å². The highest BCUT2D eigenvalue weighted by molar-refractivity contribution is 9.10. The molecule has 2 bridgehead atoms. The third-order valence-electron chi connectivity index (χ3n) is 8.03. The first-order valence-corrected chi connectivity index (χ1v) is 14.8. The van der Waals surface area contributed by atoms with Gasteiger partial charge in [0.25, 0.3) is 0 Å². The summed E-state index contributed by atoms with van der Waals surface area (Å²) in [6, 6.07) is 26.1. The van der Waals surface area contributed by atoms with Crippen molar-refractivity contribution in [1.82, 2.24) is 0 Å². The van der Waals surface area contributed by atoms with Gasteiger partial charge in [0, 0.05) is 23.8 Å². The Morgan fingerprint density at radius 2 is 1.67 bits per heavy atom. The summed E-state index contributed by atoms with van der Waals surface area (Å²) in [5.74, 6) is 0.994. The van der Waals surface area contributed by atoms with E-state index in [1.807, 2.05) is 54.6 Å². The zero-order valence-electron chi connectivity index (χ0n) is 23.7. The molecule has 4 aromatic carbocycles. The van der Waals surface area contributed by atoms with Gasteiger partial charge in [0.05, 0.1) is 55.6 Å². The second-order valence-electron chi connectivity index (χ2n) is 10.6. The Hall–Kier alpha value is -3.43. The average Bonchev–Trinajstić information content (AvgIpc) is 3.30. The number of hydrogen-bond acceptors (Lipinski definition) is 7. The van der Waals surface area contributed by atoms with Crippen molar-refractivity contribution in [1.29, 1.82) is 0 Å². The molecule has 4 aromatic rings. The van der Waals surface area contributed by atoms with Gasteiger partial charge in [0.1, 0.15) is 23.4 Å². The summed E-state index contributed by atoms with van der Waals surface area (Å²) >= 11 is 3.61. The maximum Gasteiger partial charge on any atom is 0.308 e. The lowest BCUT2D eigenvalue weighted by Gasteiger charge is -2.40. The predicted molar refractivity (Wildman–Crippen MR) is 162 cm³/mol. The van der Waals surface area contributed by atoms with Crippen molar-refractivity contribution in [3.8, 4) is 17.2 Å². The molecule has 7 rings (SSSR count). The van der Waals surface area contributed by atoms with Gasteiger partial charge in [-0.1, -0.05) is 66.7 Å². The van der Waals surface area contributed by atoms with Crippen LogP contribution in [0.15, 0.2) is 83.3 Å². The Bertz CT molecular complexity index is 1560. The molecular weight excluding hydrogens is 600 g/mol. The minimum atomic E-state index is -0.441. The summed E-state index contributed by atoms with van der Waals surface area (Å²) in [4.78, 5) is 12.5. The SMILES string of the molecule is COc1cc(Br)c(OC)c2c(OC(C)=O)c([C@H]3O[C@@H]4CO[C@@H](c5ccccc5)[C@H]3C[C@@H]4OCc3ccccc3)ccc12. The van der Waals surface area contributed by atoms with Crippen LogP contribution in [-0.4, -0.2) is 39.0 Å². The molecule has 0 unspecified atom stereocenters. The summed E-state index contributed by atoms with van der Waals surface area (Å²) < 4.78 is 38.0. The van der Waals surface area contributed by atoms with Crippen molar-refractivity contribution in [3.63, 3.8) is 0 Å². The Balaban J connectivity index is 1.46. The zero-order valence-corrected chi connectivity index (χ0v) is 25.3. The number of esters is 1. The van der Waals surface area contributed by atoms with Crippen LogP contribution in [0.25, 0.3) is 10.8 Å². The molecular formula is C34H33BrO7. The van der Waals surface area contributed by atoms with Gasteiger partial charge in [-0.2, -0.15) is 0 Å². The van der Waals surface area contributed by atoms with Gasteiger partial charge in [-0.25, -0.2) is 0 Å². The van der Waals surface area contributed by atoms with Crippen LogP contribution in [-0.2, 0) is 25.6 Å². The minimum absolute atomic E-state index is 0.126. The monoisotopic (exact) mass is 632 g/mol. The average molecular weight is 634 g/mol. The molecule has 0 radical (unpaired) electrons. The maximum absolute atomic E-state index is 12.5. The predicted octanol–water partition coefficient (Wildman–Crippen LogP) is 7.35. The van der Waals surface area contributed by atoms with Crippen LogP contribution in [0.4, 0.5) is 0 Å². The third-order valence-corrected chi connectivity index (χ3v) is 8.61. The summed E-state index contributed by atoms with van der Waals surface area (Å²) in [5, 5.41) is 1.39. The molecule has 0 saturated carbocycles. The highest BCUT2D eigenvalue weighted by atomic mass is 79.9. The van der Waals surface area contributed by atoms with Crippen molar-refractivity contribution in [2.45, 2.75) is 44.4 Å². The molecule has 0 amide bonds. The normalized spacial score (nSPS) is 23.4. The molecule has 3 saturated heterocycles. The molecule has 3 fully saturated rings. The second-order valence-corrected chi connectivity index (χ2v) is 11.4. The van der Waals surface area contributed by atoms with E-state index in [2.05, 4.69) is 40.2 Å². The van der Waals surface area contributed by atoms with Gasteiger partial charge in [-0.05, 0) is 45.6 Å². The summed E-state index contributed by atoms with van der Waals surface area (Å²) in [7, 11) is 3.20. The van der Waals surface area contributed by atoms with Crippen LogP contribution in [0.3, 0.4) is 0 Å². The highest BCUT2D eigenvalue weighted by Gasteiger charge is 2.48. The van der Waals surface area contributed by atoms with Gasteiger partial charge in [0.2, 0.25) is 0 Å². The number of hydrogen-bond donors (Lipinski definition) is 0. The summed E-state index contributed by atoms with van der Waals surface area (Å²) in [6.07, 6.45) is -0.456. The summed E-state index contributed by atoms with van der Waals surface area (Å²) in [6.45, 7) is 2.26. The minimum Gasteiger partial charge on any atom is -0.496 e. The Kier molecular flexibility index (Phi) is 8.49. The van der Waals surface area contributed by atoms with E-state index in [1.54, 1.807) is 14.2 Å². The third kappa shape index (κ3) is 5.52. The molecule has 0 aromatic heterocycles. The van der Waals surface area contributed by atoms with E-state index in [-0.39, 0.29) is 24.2 Å². The van der Waals surface area contributed by atoms with E-state index in [4.69, 9.17) is 28.4 Å². The molecule has 8 heteroatoms. The van der Waals surface area contributed by atoms with Gasteiger partial charge >= 0.3 is 5.97 Å². The number of carbonyl (C=O) groups is 1. The van der Waals surface area contributed by atoms with Crippen LogP contribution in [0.2, 0.25) is 0 Å². The first-order valence-electron chi connectivity index (χ1n) is 14.0. The van der Waals surface area contributed by atoms with Crippen molar-refractivity contribution < 1.29 is 33.2 Å². The lowest BCUT2D eigenvalue weighted by Crippen LogP contribution is -2.42. The largest absolute Gasteiger partial charge is 0.496 e. The molecule has 42 heavy (non-hydrogen) atoms. The molecule has 218 valence electrons. The van der Waals surface area contributed by atoms with Gasteiger partial charge in [-0.15, -0.1) is 0 Å². The van der Waals surface area contributed by atoms with E-state index in [0.29, 0.717) is 46.7 Å². The molecule has 5 atom stereocenters. The first-order chi connectivity index (χ1) is 20.5. The standard InChI is InChI=1S/C34H33BrO7/c1-20(36)41-33-24(15-14-23-27(37-2)17-26(35)34(38-3)30(23)33)32-25-16-28(39-18-21-10-6-4-7-11-21)29(42-32)19-40-31(25)22-12-8-5-9-13-22/h4-15,17,25,28-29,31-32H,16,18-19H2,1-3H3/t25-,28+,29-,31+,32-/m1/s1. The molecule has 3 heterocycles. The van der Waals surface area contributed by atoms with Crippen molar-refractivity contribution in [2.24, 2.45) is 5.92 Å². The number of benzene rings is 4. The second kappa shape index (κ2) is 12.4. The number of methoxy groups -OCH3 is 2. The first kappa shape index (κ1) is 28.7. The van der Waals surface area contributed by atoms with Gasteiger partial charge in [0.15, 0.2) is 0 Å². The van der Waals surface area contributed by atoms with Crippen molar-refractivity contribution in [2.75, 3.05) is 20.8 Å². The number of carbonyl (C=O) groups excluding carboxylic acids is 1. The number of rotatable bonds is 8. The topological polar surface area (TPSA) is 72.5 Å². The fraction of sp³-hybridized carbons (Fsp3) is 0.324. The number of halogens is 1. The molecule has 3 aliphatic heterocycles. The van der Waals surface area contributed by atoms with Crippen LogP contribution in [0.5, 0.6) is 17.2 Å². The van der Waals surface area contributed by atoms with Gasteiger partial charge in [-0.3, -0.25) is 4.79 Å². The van der Waals surface area contributed by atoms with E-state index in [9.17, 15) is 4.79 Å². The molecule has 3 aliphatic rings. The van der Waals surface area contributed by atoms with Crippen molar-refractivity contribution in [3.05, 3.63) is 100 Å². The van der Waals surface area contributed by atoms with Crippen molar-refractivity contribution >= 4 is 32.7 Å². The van der Waals surface area contributed by atoms with E-state index in [1.165, 1.54) is 6.92 Å². The fourth-order valence-electron chi connectivity index (χ4n) is 6.17. The number of fused-ring (bicyclic) bond motifs is 5. The lowest BCUT2D eigenvalue weighted by atomic mass is 9.80. The van der Waals surface area contributed by atoms with Crippen LogP contribution in [0, 0.1) is 5.92 Å². The molecule has 0 spiro atoms. The fourth-order valence-corrected chi connectivity index (χ4v) is 6.74. The van der Waals surface area contributed by atoms with Crippen LogP contribution in [0.1, 0.15) is 42.2 Å². The molecule has 0 aliphatic carbocycles. The summed E-state index contributed by atoms with van der Waals surface area (Å²) in [5.41, 5.74) is 2.92. The quantitative estimate of drug-likeness (QED) is 0.149. The zero-order chi connectivity index (χ0) is 29.2. The highest BCUT2D eigenvalue weighted by Crippen LogP contribution is 2.53. The molecule has 7 nitrogen and oxygen atoms in total.